The summed E-state index contributed by atoms with van der Waals surface area (Å²) < 4.78 is 0. The molecule has 0 aliphatic carbocycles. The first kappa shape index (κ1) is 17.1. The first-order chi connectivity index (χ1) is 13.5. The summed E-state index contributed by atoms with van der Waals surface area (Å²) in [6.45, 7) is 0. The second-order valence-electron chi connectivity index (χ2n) is 5.77. The van der Waals surface area contributed by atoms with E-state index in [4.69, 9.17) is 11.5 Å². The summed E-state index contributed by atoms with van der Waals surface area (Å²) in [5.74, 6) is -1.64. The molecule has 0 saturated carbocycles. The fourth-order valence-electron chi connectivity index (χ4n) is 2.62. The molecule has 0 spiro atoms. The zero-order valence-electron chi connectivity index (χ0n) is 14.4. The summed E-state index contributed by atoms with van der Waals surface area (Å²) in [6.07, 6.45) is 0. The number of amides is 2. The highest BCUT2D eigenvalue weighted by Gasteiger charge is 2.27. The summed E-state index contributed by atoms with van der Waals surface area (Å²) in [5, 5.41) is 16.9. The van der Waals surface area contributed by atoms with Crippen LogP contribution in [-0.2, 0) is 0 Å². The fourth-order valence-corrected chi connectivity index (χ4v) is 2.62. The van der Waals surface area contributed by atoms with Crippen LogP contribution in [0.2, 0.25) is 0 Å². The van der Waals surface area contributed by atoms with Crippen molar-refractivity contribution in [1.82, 2.24) is 30.0 Å². The Morgan fingerprint density at radius 3 is 1.29 bits per heavy atom. The van der Waals surface area contributed by atoms with E-state index in [2.05, 4.69) is 20.4 Å². The molecule has 10 nitrogen and oxygen atoms in total. The molecule has 0 atom stereocenters. The summed E-state index contributed by atoms with van der Waals surface area (Å²) in [6, 6.07) is 17.9. The quantitative estimate of drug-likeness (QED) is 0.526. The van der Waals surface area contributed by atoms with Gasteiger partial charge in [0.05, 0.1) is 11.4 Å². The number of nitrogens with zero attached hydrogens (tertiary/aromatic N) is 6. The number of rotatable bonds is 5. The average molecular weight is 374 g/mol. The maximum atomic E-state index is 11.9. The second kappa shape index (κ2) is 6.76. The van der Waals surface area contributed by atoms with Gasteiger partial charge < -0.3 is 11.5 Å². The molecule has 4 rings (SSSR count). The van der Waals surface area contributed by atoms with Crippen molar-refractivity contribution >= 4 is 11.8 Å². The molecular weight excluding hydrogens is 360 g/mol. The lowest BCUT2D eigenvalue weighted by atomic mass is 10.2. The number of benzene rings is 2. The summed E-state index contributed by atoms with van der Waals surface area (Å²) in [5.41, 5.74) is 11.9. The molecule has 0 aliphatic rings. The van der Waals surface area contributed by atoms with Crippen molar-refractivity contribution in [3.8, 4) is 22.8 Å². The third-order valence-corrected chi connectivity index (χ3v) is 3.89. The molecule has 4 N–H and O–H groups in total. The van der Waals surface area contributed by atoms with Gasteiger partial charge in [0.2, 0.25) is 0 Å². The molecule has 0 saturated heterocycles. The third-order valence-electron chi connectivity index (χ3n) is 3.89. The first-order valence-electron chi connectivity index (χ1n) is 8.20. The Labute approximate surface area is 158 Å². The molecule has 28 heavy (non-hydrogen) atoms. The number of nitrogens with two attached hydrogens (primary N) is 2. The molecule has 2 aromatic carbocycles. The Morgan fingerprint density at radius 2 is 0.964 bits per heavy atom. The van der Waals surface area contributed by atoms with Crippen LogP contribution in [0.15, 0.2) is 60.7 Å². The van der Waals surface area contributed by atoms with Crippen molar-refractivity contribution < 1.29 is 9.59 Å². The Hall–Kier alpha value is -4.34. The molecular formula is C18H14N8O2. The number of aromatic nitrogens is 6. The lowest BCUT2D eigenvalue weighted by Gasteiger charge is -1.97. The first-order valence-corrected chi connectivity index (χ1v) is 8.20. The maximum Gasteiger partial charge on any atom is 0.271 e. The van der Waals surface area contributed by atoms with Crippen LogP contribution in [0.3, 0.4) is 0 Å². The zero-order chi connectivity index (χ0) is 19.7. The minimum absolute atomic E-state index is 0.0207. The van der Waals surface area contributed by atoms with E-state index < -0.39 is 11.8 Å². The van der Waals surface area contributed by atoms with Gasteiger partial charge in [-0.05, 0) is 24.3 Å². The second-order valence-corrected chi connectivity index (χ2v) is 5.77. The van der Waals surface area contributed by atoms with Crippen LogP contribution < -0.4 is 11.5 Å². The smallest absolute Gasteiger partial charge is 0.271 e. The van der Waals surface area contributed by atoms with Gasteiger partial charge in [0.1, 0.15) is 11.4 Å². The van der Waals surface area contributed by atoms with Crippen LogP contribution in [0, 0.1) is 0 Å². The highest BCUT2D eigenvalue weighted by atomic mass is 16.1. The van der Waals surface area contributed by atoms with Crippen molar-refractivity contribution in [1.29, 1.82) is 0 Å². The molecule has 0 unspecified atom stereocenters. The topological polar surface area (TPSA) is 148 Å². The van der Waals surface area contributed by atoms with Crippen molar-refractivity contribution in [3.05, 3.63) is 72.1 Å². The number of hydrogen-bond acceptors (Lipinski definition) is 6. The van der Waals surface area contributed by atoms with E-state index in [9.17, 15) is 9.59 Å². The predicted molar refractivity (Wildman–Crippen MR) is 98.7 cm³/mol. The number of para-hydroxylation sites is 2. The minimum Gasteiger partial charge on any atom is -0.364 e. The lowest BCUT2D eigenvalue weighted by Crippen LogP contribution is -2.16. The van der Waals surface area contributed by atoms with Crippen LogP contribution >= 0.6 is 0 Å². The molecule has 0 aliphatic heterocycles. The zero-order valence-corrected chi connectivity index (χ0v) is 14.4. The van der Waals surface area contributed by atoms with Gasteiger partial charge in [-0.25, -0.2) is 0 Å². The van der Waals surface area contributed by atoms with Crippen LogP contribution in [0.5, 0.6) is 0 Å². The monoisotopic (exact) mass is 374 g/mol. The largest absolute Gasteiger partial charge is 0.364 e. The van der Waals surface area contributed by atoms with Gasteiger partial charge in [0.25, 0.3) is 11.8 Å². The van der Waals surface area contributed by atoms with Gasteiger partial charge in [-0.15, -0.1) is 20.4 Å². The van der Waals surface area contributed by atoms with Crippen LogP contribution in [0.4, 0.5) is 0 Å². The molecule has 0 radical (unpaired) electrons. The molecule has 4 aromatic rings. The number of carbonyl (C=O) groups is 2. The van der Waals surface area contributed by atoms with Crippen molar-refractivity contribution in [3.63, 3.8) is 0 Å². The van der Waals surface area contributed by atoms with E-state index in [0.29, 0.717) is 11.4 Å². The van der Waals surface area contributed by atoms with E-state index in [1.807, 2.05) is 12.1 Å². The number of hydrogen-bond donors (Lipinski definition) is 2. The van der Waals surface area contributed by atoms with E-state index in [1.54, 1.807) is 48.5 Å². The van der Waals surface area contributed by atoms with E-state index in [-0.39, 0.29) is 22.8 Å². The summed E-state index contributed by atoms with van der Waals surface area (Å²) in [4.78, 5) is 26.3. The third kappa shape index (κ3) is 2.98. The molecule has 2 amide bonds. The van der Waals surface area contributed by atoms with Gasteiger partial charge in [0.15, 0.2) is 11.4 Å². The van der Waals surface area contributed by atoms with Gasteiger partial charge in [-0.2, -0.15) is 9.59 Å². The molecule has 2 aromatic heterocycles. The molecule has 2 heterocycles. The van der Waals surface area contributed by atoms with Crippen molar-refractivity contribution in [2.75, 3.05) is 0 Å². The van der Waals surface area contributed by atoms with Gasteiger partial charge in [-0.3, -0.25) is 9.59 Å². The van der Waals surface area contributed by atoms with Crippen molar-refractivity contribution in [2.45, 2.75) is 0 Å². The highest BCUT2D eigenvalue weighted by molar-refractivity contribution is 6.01. The van der Waals surface area contributed by atoms with Crippen LogP contribution in [0.25, 0.3) is 22.8 Å². The van der Waals surface area contributed by atoms with Gasteiger partial charge in [0, 0.05) is 0 Å². The standard InChI is InChI=1S/C18H14N8O2/c19-17(27)15-13(21-25(23-15)11-7-3-1-4-8-11)14-16(18(20)28)24-26(22-14)12-9-5-2-6-10-12/h1-10H,(H2,19,27)(H2,20,28). The Balaban J connectivity index is 1.91. The highest BCUT2D eigenvalue weighted by Crippen LogP contribution is 2.23. The van der Waals surface area contributed by atoms with E-state index >= 15 is 0 Å². The number of primary amides is 2. The Morgan fingerprint density at radius 1 is 0.607 bits per heavy atom. The SMILES string of the molecule is NC(=O)c1nn(-c2ccccc2)nc1-c1nn(-c2ccccc2)nc1C(N)=O. The fraction of sp³-hybridized carbons (Fsp3) is 0. The molecule has 0 bridgehead atoms. The van der Waals surface area contributed by atoms with Gasteiger partial charge >= 0.3 is 0 Å². The average Bonchev–Trinajstić information content (AvgIpc) is 3.34. The summed E-state index contributed by atoms with van der Waals surface area (Å²) in [7, 11) is 0. The van der Waals surface area contributed by atoms with E-state index in [0.717, 1.165) is 0 Å². The molecule has 138 valence electrons. The minimum atomic E-state index is -0.818. The van der Waals surface area contributed by atoms with E-state index in [1.165, 1.54) is 9.59 Å². The van der Waals surface area contributed by atoms with Gasteiger partial charge in [-0.1, -0.05) is 36.4 Å². The Kier molecular flexibility index (Phi) is 4.13. The van der Waals surface area contributed by atoms with Crippen LogP contribution in [0.1, 0.15) is 21.0 Å². The molecule has 10 heteroatoms. The normalized spacial score (nSPS) is 10.7. The molecule has 0 fully saturated rings. The van der Waals surface area contributed by atoms with Crippen LogP contribution in [-0.4, -0.2) is 41.8 Å². The Bertz CT molecular complexity index is 1070. The lowest BCUT2D eigenvalue weighted by molar-refractivity contribution is 0.0985. The maximum absolute atomic E-state index is 11.9. The number of carbonyl (C=O) groups excluding carboxylic acids is 2. The summed E-state index contributed by atoms with van der Waals surface area (Å²) >= 11 is 0. The predicted octanol–water partition coefficient (Wildman–Crippen LogP) is 0.713. The van der Waals surface area contributed by atoms with Crippen molar-refractivity contribution in [2.24, 2.45) is 11.5 Å².